The van der Waals surface area contributed by atoms with Gasteiger partial charge in [0.15, 0.2) is 3.92 Å². The van der Waals surface area contributed by atoms with E-state index in [9.17, 15) is 0 Å². The molecule has 0 saturated carbocycles. The Morgan fingerprint density at radius 3 is 2.81 bits per heavy atom. The highest BCUT2D eigenvalue weighted by molar-refractivity contribution is 14.1. The number of hydrogen-bond acceptors (Lipinski definition) is 2. The summed E-state index contributed by atoms with van der Waals surface area (Å²) in [5.41, 5.74) is 0. The van der Waals surface area contributed by atoms with Crippen molar-refractivity contribution in [3.8, 4) is 0 Å². The molecule has 0 aromatic carbocycles. The molecule has 2 aliphatic rings. The van der Waals surface area contributed by atoms with Crippen LogP contribution >= 0.6 is 22.9 Å². The molecule has 2 unspecified atom stereocenters. The lowest BCUT2D eigenvalue weighted by atomic mass is 10.1. The summed E-state index contributed by atoms with van der Waals surface area (Å²) in [6.45, 7) is 6.43. The molecule has 94 valence electrons. The van der Waals surface area contributed by atoms with Crippen LogP contribution in [0.3, 0.4) is 0 Å². The van der Waals surface area contributed by atoms with Gasteiger partial charge in [0.25, 0.3) is 0 Å². The van der Waals surface area contributed by atoms with Crippen molar-refractivity contribution in [3.05, 3.63) is 0 Å². The van der Waals surface area contributed by atoms with E-state index in [1.54, 1.807) is 0 Å². The number of nitrogens with zero attached hydrogens (tertiary/aromatic N) is 2. The molecule has 0 aromatic rings. The van der Waals surface area contributed by atoms with E-state index in [4.69, 9.17) is 0 Å². The molecule has 2 saturated heterocycles. The maximum atomic E-state index is 2.89. The first kappa shape index (κ1) is 13.8. The molecule has 2 heterocycles. The van der Waals surface area contributed by atoms with Gasteiger partial charge in [-0.05, 0) is 32.1 Å². The van der Waals surface area contributed by atoms with Gasteiger partial charge in [-0.25, -0.2) is 3.11 Å². The first-order valence-corrected chi connectivity index (χ1v) is 9.78. The zero-order valence-electron chi connectivity index (χ0n) is 10.2. The zero-order chi connectivity index (χ0) is 11.4. The standard InChI is InChI=1S/C12H23I2N2/c1-2-5-12-7-4-9-16(12)14-11-6-3-8-15(13)10-11/h11-12H,2-10H2,1H3/q+1. The Kier molecular flexibility index (Phi) is 6.12. The smallest absolute Gasteiger partial charge is 0.243 e. The third kappa shape index (κ3) is 3.95. The molecule has 0 bridgehead atoms. The zero-order valence-corrected chi connectivity index (χ0v) is 14.5. The van der Waals surface area contributed by atoms with Gasteiger partial charge in [0.2, 0.25) is 0 Å². The van der Waals surface area contributed by atoms with Crippen molar-refractivity contribution in [2.75, 3.05) is 19.6 Å². The maximum Gasteiger partial charge on any atom is 0.392 e. The van der Waals surface area contributed by atoms with E-state index in [0.717, 1.165) is 9.97 Å². The van der Waals surface area contributed by atoms with E-state index in [1.165, 1.54) is 58.2 Å². The van der Waals surface area contributed by atoms with Gasteiger partial charge in [0.1, 0.15) is 0 Å². The van der Waals surface area contributed by atoms with Crippen LogP contribution in [0, 0.1) is 0 Å². The van der Waals surface area contributed by atoms with Crippen LogP contribution in [0.15, 0.2) is 0 Å². The highest BCUT2D eigenvalue weighted by Crippen LogP contribution is 2.16. The fourth-order valence-electron chi connectivity index (χ4n) is 2.69. The van der Waals surface area contributed by atoms with Gasteiger partial charge < -0.3 is 0 Å². The number of halogens is 2. The van der Waals surface area contributed by atoms with Crippen LogP contribution in [0.2, 0.25) is 0 Å². The van der Waals surface area contributed by atoms with Crippen molar-refractivity contribution in [3.63, 3.8) is 0 Å². The molecule has 16 heavy (non-hydrogen) atoms. The van der Waals surface area contributed by atoms with Crippen molar-refractivity contribution in [1.29, 1.82) is 0 Å². The predicted octanol–water partition coefficient (Wildman–Crippen LogP) is 0.0693. The Labute approximate surface area is 125 Å². The van der Waals surface area contributed by atoms with Gasteiger partial charge in [0, 0.05) is 36.0 Å². The van der Waals surface area contributed by atoms with Gasteiger partial charge in [-0.15, -0.1) is 0 Å². The lowest BCUT2D eigenvalue weighted by Gasteiger charge is -2.23. The molecule has 2 rings (SSSR count). The molecule has 4 heteroatoms. The number of piperidine rings is 1. The molecule has 0 amide bonds. The van der Waals surface area contributed by atoms with Gasteiger partial charge in [-0.3, -0.25) is 0 Å². The van der Waals surface area contributed by atoms with Crippen LogP contribution in [0.1, 0.15) is 45.4 Å². The average Bonchev–Trinajstić information content (AvgIpc) is 2.66. The Morgan fingerprint density at radius 1 is 1.25 bits per heavy atom. The molecule has 0 spiro atoms. The van der Waals surface area contributed by atoms with Crippen molar-refractivity contribution in [2.24, 2.45) is 0 Å². The summed E-state index contributed by atoms with van der Waals surface area (Å²) in [5.74, 6) is 0. The first-order valence-electron chi connectivity index (χ1n) is 6.60. The Morgan fingerprint density at radius 2 is 2.06 bits per heavy atom. The number of rotatable bonds is 4. The van der Waals surface area contributed by atoms with Crippen molar-refractivity contribution in [2.45, 2.75) is 55.4 Å². The lowest BCUT2D eigenvalue weighted by molar-refractivity contribution is -0.833. The second-order valence-electron chi connectivity index (χ2n) is 4.91. The minimum Gasteiger partial charge on any atom is -0.243 e. The van der Waals surface area contributed by atoms with Crippen LogP contribution in [0.25, 0.3) is 0 Å². The van der Waals surface area contributed by atoms with E-state index < -0.39 is 0 Å². The monoisotopic (exact) mass is 449 g/mol. The molecule has 2 atom stereocenters. The normalized spacial score (nSPS) is 33.4. The summed E-state index contributed by atoms with van der Waals surface area (Å²) in [5, 5.41) is 0. The average molecular weight is 449 g/mol. The highest BCUT2D eigenvalue weighted by Gasteiger charge is 2.40. The molecule has 2 nitrogen and oxygen atoms in total. The topological polar surface area (TPSA) is 6.48 Å². The Hall–Kier alpha value is 1.38. The van der Waals surface area contributed by atoms with E-state index in [2.05, 4.69) is 36.0 Å². The maximum absolute atomic E-state index is 2.89. The molecular weight excluding hydrogens is 426 g/mol. The van der Waals surface area contributed by atoms with E-state index >= 15 is 0 Å². The van der Waals surface area contributed by atoms with E-state index in [1.807, 2.05) is 0 Å². The molecular formula is C12H23I2N2+. The van der Waals surface area contributed by atoms with E-state index in [0.29, 0.717) is 21.5 Å². The molecule has 2 fully saturated rings. The SMILES string of the molecule is CCCC1CCCN1[I+]C1CCCN(I)C1. The fourth-order valence-corrected chi connectivity index (χ4v) is 8.27. The van der Waals surface area contributed by atoms with Gasteiger partial charge >= 0.3 is 21.5 Å². The summed E-state index contributed by atoms with van der Waals surface area (Å²) < 4.78 is 6.45. The molecule has 0 aromatic heterocycles. The quantitative estimate of drug-likeness (QED) is 0.341. The number of alkyl halides is 1. The fraction of sp³-hybridized carbons (Fsp3) is 1.00. The second-order valence-corrected chi connectivity index (χ2v) is 9.84. The predicted molar refractivity (Wildman–Crippen MR) is 73.3 cm³/mol. The van der Waals surface area contributed by atoms with Crippen LogP contribution in [0.5, 0.6) is 0 Å². The number of hydrogen-bond donors (Lipinski definition) is 0. The van der Waals surface area contributed by atoms with Crippen molar-refractivity contribution >= 4 is 22.9 Å². The summed E-state index contributed by atoms with van der Waals surface area (Å²) in [6.07, 6.45) is 8.69. The summed E-state index contributed by atoms with van der Waals surface area (Å²) in [6, 6.07) is 0.961. The third-order valence-corrected chi connectivity index (χ3v) is 8.17. The molecule has 0 aliphatic carbocycles. The minimum atomic E-state index is 0.307. The second kappa shape index (κ2) is 7.09. The van der Waals surface area contributed by atoms with Crippen LogP contribution in [0.4, 0.5) is 0 Å². The van der Waals surface area contributed by atoms with Crippen LogP contribution in [-0.4, -0.2) is 35.8 Å². The molecule has 0 N–H and O–H groups in total. The summed E-state index contributed by atoms with van der Waals surface area (Å²) in [7, 11) is 0. The highest BCUT2D eigenvalue weighted by atomic mass is 127. The van der Waals surface area contributed by atoms with Gasteiger partial charge in [-0.1, -0.05) is 16.5 Å². The summed E-state index contributed by atoms with van der Waals surface area (Å²) >= 11 is 2.82. The molecule has 2 aliphatic heterocycles. The van der Waals surface area contributed by atoms with Crippen molar-refractivity contribution in [1.82, 2.24) is 6.23 Å². The minimum absolute atomic E-state index is 0.307. The van der Waals surface area contributed by atoms with Gasteiger partial charge in [0.05, 0.1) is 12.6 Å². The summed E-state index contributed by atoms with van der Waals surface area (Å²) in [4.78, 5) is 0. The third-order valence-electron chi connectivity index (χ3n) is 3.50. The van der Waals surface area contributed by atoms with Gasteiger partial charge in [-0.2, -0.15) is 0 Å². The first-order chi connectivity index (χ1) is 7.79. The Balaban J connectivity index is 1.79. The van der Waals surface area contributed by atoms with Crippen LogP contribution in [-0.2, 0) is 0 Å². The largest absolute Gasteiger partial charge is 0.392 e. The van der Waals surface area contributed by atoms with Crippen molar-refractivity contribution < 1.29 is 21.5 Å². The lowest BCUT2D eigenvalue weighted by Crippen LogP contribution is -3.70. The Bertz CT molecular complexity index is 213. The van der Waals surface area contributed by atoms with E-state index in [-0.39, 0.29) is 0 Å². The molecule has 0 radical (unpaired) electrons. The van der Waals surface area contributed by atoms with Crippen LogP contribution < -0.4 is 21.5 Å².